The third-order valence-corrected chi connectivity index (χ3v) is 9.82. The zero-order valence-electron chi connectivity index (χ0n) is 40.0. The van der Waals surface area contributed by atoms with Crippen LogP contribution in [0.25, 0.3) is 5.53 Å². The summed E-state index contributed by atoms with van der Waals surface area (Å²) in [5.41, 5.74) is 5.07. The van der Waals surface area contributed by atoms with Gasteiger partial charge in [0.15, 0.2) is 0 Å². The number of aromatic carboxylic acids is 1. The van der Waals surface area contributed by atoms with Gasteiger partial charge in [-0.2, -0.15) is 14.4 Å². The quantitative estimate of drug-likeness (QED) is 0.0713. The molecule has 3 fully saturated rings. The molecule has 0 aromatic heterocycles. The summed E-state index contributed by atoms with van der Waals surface area (Å²) < 4.78 is 15.9. The monoisotopic (exact) mass is 1020 g/mol. The van der Waals surface area contributed by atoms with E-state index in [0.29, 0.717) is 37.9 Å². The molecule has 4 rings (SSSR count). The number of carbonyl (C=O) groups excluding carboxylic acids is 6. The molecule has 1 aromatic rings. The minimum absolute atomic E-state index is 0. The van der Waals surface area contributed by atoms with Gasteiger partial charge in [-0.3, -0.25) is 14.6 Å². The van der Waals surface area contributed by atoms with Crippen LogP contribution < -0.4 is 0 Å². The number of rotatable bonds is 5. The van der Waals surface area contributed by atoms with Crippen LogP contribution in [0.2, 0.25) is 0 Å². The first-order valence-corrected chi connectivity index (χ1v) is 20.1. The predicted octanol–water partition coefficient (Wildman–Crippen LogP) is 7.75. The fourth-order valence-corrected chi connectivity index (χ4v) is 6.42. The second-order valence-electron chi connectivity index (χ2n) is 18.3. The van der Waals surface area contributed by atoms with Crippen LogP contribution in [-0.2, 0) is 55.8 Å². The van der Waals surface area contributed by atoms with Gasteiger partial charge in [0.05, 0.1) is 5.56 Å². The number of ketones is 1. The number of likely N-dealkylation sites (tertiary alicyclic amines) is 3. The SMILES string of the molecule is C.CC(C)(C)OC(=O)N1CCCC1(C)C(=O)C=[N+]=[N-].CC(C)(C)OC(=O)N1CCCC1(C)C(=O)O.CCC1(C)CCCN1C(=O)OC(C)(C)C.O.O=C(O)c1ccccc1.O=C=O.[Ag+].[CH3-]. The number of aliphatic carboxylic acids is 1. The van der Waals surface area contributed by atoms with E-state index < -0.39 is 57.8 Å². The molecule has 0 aliphatic carbocycles. The van der Waals surface area contributed by atoms with Crippen molar-refractivity contribution in [2.24, 2.45) is 0 Å². The van der Waals surface area contributed by atoms with Crippen molar-refractivity contribution in [1.29, 1.82) is 0 Å². The number of hydrogen-bond donors (Lipinski definition) is 2. The van der Waals surface area contributed by atoms with Crippen LogP contribution in [0.5, 0.6) is 0 Å². The van der Waals surface area contributed by atoms with Gasteiger partial charge in [-0.15, -0.1) is 0 Å². The van der Waals surface area contributed by atoms with Crippen molar-refractivity contribution in [3.8, 4) is 0 Å². The molecule has 3 aliphatic rings. The summed E-state index contributed by atoms with van der Waals surface area (Å²) in [5, 5.41) is 17.5. The molecule has 4 N–H and O–H groups in total. The molecule has 3 unspecified atom stereocenters. The van der Waals surface area contributed by atoms with Crippen molar-refractivity contribution in [3.05, 3.63) is 48.9 Å². The van der Waals surface area contributed by atoms with Gasteiger partial charge < -0.3 is 47.8 Å². The van der Waals surface area contributed by atoms with Crippen molar-refractivity contribution in [2.75, 3.05) is 19.6 Å². The number of ether oxygens (including phenoxy) is 3. The number of carboxylic acid groups (broad SMARTS) is 2. The van der Waals surface area contributed by atoms with Gasteiger partial charge >= 0.3 is 65.0 Å². The van der Waals surface area contributed by atoms with Crippen LogP contribution in [0.1, 0.15) is 153 Å². The number of benzene rings is 1. The number of carboxylic acids is 2. The third kappa shape index (κ3) is 23.2. The van der Waals surface area contributed by atoms with E-state index in [9.17, 15) is 28.8 Å². The molecule has 0 spiro atoms. The van der Waals surface area contributed by atoms with Gasteiger partial charge in [-0.1, -0.05) is 32.5 Å². The molecule has 3 aliphatic heterocycles. The summed E-state index contributed by atoms with van der Waals surface area (Å²) in [5.74, 6) is -2.25. The van der Waals surface area contributed by atoms with E-state index in [0.717, 1.165) is 38.4 Å². The summed E-state index contributed by atoms with van der Waals surface area (Å²) in [6.45, 7) is 25.6. The van der Waals surface area contributed by atoms with Crippen LogP contribution in [0.3, 0.4) is 0 Å². The van der Waals surface area contributed by atoms with E-state index in [1.807, 2.05) is 25.7 Å². The molecule has 20 heteroatoms. The Balaban J connectivity index is -0.000000240. The molecule has 376 valence electrons. The number of hydrogen-bond acceptors (Lipinski definition) is 11. The molecule has 0 saturated carbocycles. The minimum atomic E-state index is -1.12. The summed E-state index contributed by atoms with van der Waals surface area (Å²) in [6.07, 6.45) is 5.46. The van der Waals surface area contributed by atoms with Crippen molar-refractivity contribution < 1.29 is 95.4 Å². The van der Waals surface area contributed by atoms with Gasteiger partial charge in [0.25, 0.3) is 5.78 Å². The van der Waals surface area contributed by atoms with Crippen molar-refractivity contribution in [1.82, 2.24) is 14.7 Å². The van der Waals surface area contributed by atoms with E-state index in [4.69, 9.17) is 39.5 Å². The topological polar surface area (TPSA) is 282 Å². The van der Waals surface area contributed by atoms with E-state index in [1.54, 1.807) is 85.7 Å². The minimum Gasteiger partial charge on any atom is -0.480 e. The summed E-state index contributed by atoms with van der Waals surface area (Å²) in [6, 6.07) is 8.30. The fraction of sp³-hybridized carbons (Fsp3) is 0.667. The summed E-state index contributed by atoms with van der Waals surface area (Å²) in [7, 11) is 0. The Labute approximate surface area is 401 Å². The maximum atomic E-state index is 12.0. The Kier molecular flexibility index (Phi) is 31.5. The number of Topliss-reactive ketones (excluding diaryl/α,β-unsaturated/α-hetero) is 1. The van der Waals surface area contributed by atoms with Crippen molar-refractivity contribution in [2.45, 2.75) is 176 Å². The van der Waals surface area contributed by atoms with Crippen LogP contribution in [-0.4, -0.2) is 137 Å². The van der Waals surface area contributed by atoms with Crippen LogP contribution in [0.4, 0.5) is 14.4 Å². The van der Waals surface area contributed by atoms with Gasteiger partial charge in [-0.05, 0) is 140 Å². The Morgan fingerprint density at radius 1 is 0.708 bits per heavy atom. The molecule has 0 bridgehead atoms. The number of nitrogens with zero attached hydrogens (tertiary/aromatic N) is 5. The smallest absolute Gasteiger partial charge is 0.480 e. The van der Waals surface area contributed by atoms with Crippen LogP contribution in [0, 0.1) is 7.43 Å². The zero-order valence-corrected chi connectivity index (χ0v) is 41.4. The van der Waals surface area contributed by atoms with Crippen LogP contribution >= 0.6 is 0 Å². The molecular formula is C45H76AgN5O14. The predicted molar refractivity (Wildman–Crippen MR) is 240 cm³/mol. The summed E-state index contributed by atoms with van der Waals surface area (Å²) in [4.78, 5) is 92.6. The molecule has 65 heavy (non-hydrogen) atoms. The first-order valence-electron chi connectivity index (χ1n) is 20.1. The Morgan fingerprint density at radius 2 is 1.05 bits per heavy atom. The van der Waals surface area contributed by atoms with Crippen LogP contribution in [0.15, 0.2) is 30.3 Å². The summed E-state index contributed by atoms with van der Waals surface area (Å²) >= 11 is 0. The van der Waals surface area contributed by atoms with Gasteiger partial charge in [-0.25, -0.2) is 24.0 Å². The normalized spacial score (nSPS) is 20.4. The maximum Gasteiger partial charge on any atom is 1.00 e. The van der Waals surface area contributed by atoms with Gasteiger partial charge in [0.2, 0.25) is 0 Å². The van der Waals surface area contributed by atoms with Crippen molar-refractivity contribution in [3.63, 3.8) is 0 Å². The third-order valence-electron chi connectivity index (χ3n) is 9.82. The molecule has 0 radical (unpaired) electrons. The van der Waals surface area contributed by atoms with E-state index >= 15 is 0 Å². The largest absolute Gasteiger partial charge is 1.00 e. The number of carbonyl (C=O) groups is 6. The molecule has 3 heterocycles. The Morgan fingerprint density at radius 3 is 1.37 bits per heavy atom. The van der Waals surface area contributed by atoms with E-state index in [-0.39, 0.29) is 60.5 Å². The molecule has 3 atom stereocenters. The average Bonchev–Trinajstić information content (AvgIpc) is 3.85. The fourth-order valence-electron chi connectivity index (χ4n) is 6.42. The molecule has 3 saturated heterocycles. The standard InChI is InChI=1S/C12H19N3O3.C12H23NO2.C11H19NO4.C7H6O2.CO2.CH4.CH3.Ag.H2O/c1-11(2,3)18-10(17)15-7-5-6-12(15,4)9(16)8-14-13;1-6-12(5)8-7-9-13(12)10(14)15-11(2,3)4;1-10(2,3)16-9(15)12-7-5-6-11(12,4)8(13)14;8-7(9)6-4-2-1-3-5-6;2-1-3;;;;/h8H,5-7H2,1-4H3;6-9H2,1-5H3;5-7H2,1-4H3,(H,13,14);1-5H,(H,8,9);;1H4;1H3;;1H2/q;;;;;;-1;+1;. The first-order chi connectivity index (χ1) is 27.9. The Bertz CT molecular complexity index is 1750. The second-order valence-corrected chi connectivity index (χ2v) is 18.3. The maximum absolute atomic E-state index is 12.0. The first kappa shape index (κ1) is 69.1. The molecular weight excluding hydrogens is 942 g/mol. The zero-order chi connectivity index (χ0) is 47.6. The second kappa shape index (κ2) is 29.6. The van der Waals surface area contributed by atoms with E-state index in [2.05, 4.69) is 18.6 Å². The Hall–Kier alpha value is -4.90. The molecule has 3 amide bonds. The van der Waals surface area contributed by atoms with E-state index in [1.165, 1.54) is 9.80 Å². The molecule has 19 nitrogen and oxygen atoms in total. The number of amides is 3. The van der Waals surface area contributed by atoms with Gasteiger partial charge in [0.1, 0.15) is 27.9 Å². The van der Waals surface area contributed by atoms with Crippen molar-refractivity contribution >= 4 is 48.4 Å². The average molecular weight is 1020 g/mol. The van der Waals surface area contributed by atoms with Gasteiger partial charge in [0, 0.05) is 25.2 Å². The molecule has 1 aromatic carbocycles.